The van der Waals surface area contributed by atoms with Crippen LogP contribution in [0.1, 0.15) is 53.0 Å². The maximum absolute atomic E-state index is 12.4. The lowest BCUT2D eigenvalue weighted by Crippen LogP contribution is -2.11. The Bertz CT molecular complexity index is 3140. The molecule has 10 aromatic rings. The largest absolute Gasteiger partial charge is 0.381 e. The second-order valence-electron chi connectivity index (χ2n) is 15.1. The van der Waals surface area contributed by atoms with Crippen molar-refractivity contribution < 1.29 is 4.79 Å². The van der Waals surface area contributed by atoms with Crippen LogP contribution >= 0.6 is 0 Å². The van der Waals surface area contributed by atoms with Crippen molar-refractivity contribution in [1.82, 2.24) is 49.0 Å². The highest BCUT2D eigenvalue weighted by molar-refractivity contribution is 6.04. The molecule has 0 saturated carbocycles. The number of rotatable bonds is 13. The van der Waals surface area contributed by atoms with Crippen LogP contribution in [0.5, 0.6) is 0 Å². The van der Waals surface area contributed by atoms with Crippen molar-refractivity contribution in [3.63, 3.8) is 0 Å². The molecule has 1 amide bonds. The third kappa shape index (κ3) is 10.1. The topological polar surface area (TPSA) is 178 Å². The van der Waals surface area contributed by atoms with E-state index in [1.807, 2.05) is 100 Å². The van der Waals surface area contributed by atoms with Crippen LogP contribution in [0.2, 0.25) is 0 Å². The van der Waals surface area contributed by atoms with Gasteiger partial charge in [-0.2, -0.15) is 0 Å². The number of imidazole rings is 2. The second kappa shape index (κ2) is 19.5. The van der Waals surface area contributed by atoms with Gasteiger partial charge in [0.2, 0.25) is 0 Å². The summed E-state index contributed by atoms with van der Waals surface area (Å²) in [5.41, 5.74) is 9.09. The summed E-state index contributed by atoms with van der Waals surface area (Å²) in [4.78, 5) is 47.8. The Balaban J connectivity index is 0.000000164. The molecule has 0 aliphatic heterocycles. The minimum Gasteiger partial charge on any atom is -0.381 e. The van der Waals surface area contributed by atoms with Crippen molar-refractivity contribution in [2.24, 2.45) is 0 Å². The number of hydrogen-bond acceptors (Lipinski definition) is 12. The predicted octanol–water partition coefficient (Wildman–Crippen LogP) is 9.63. The van der Waals surface area contributed by atoms with Gasteiger partial charge in [-0.25, -0.2) is 19.9 Å². The number of pyridine rings is 2. The fraction of sp³-hybridized carbons (Fsp3) is 0.100. The van der Waals surface area contributed by atoms with Gasteiger partial charge in [-0.15, -0.1) is 0 Å². The van der Waals surface area contributed by atoms with Crippen LogP contribution in [0.3, 0.4) is 0 Å². The van der Waals surface area contributed by atoms with Gasteiger partial charge in [0.05, 0.1) is 52.4 Å². The number of nitrogens with one attached hydrogen (secondary N) is 4. The highest BCUT2D eigenvalue weighted by Gasteiger charge is 2.13. The Morgan fingerprint density at radius 3 is 1.63 bits per heavy atom. The summed E-state index contributed by atoms with van der Waals surface area (Å²) in [7, 11) is 0. The smallest absolute Gasteiger partial charge is 0.257 e. The van der Waals surface area contributed by atoms with Gasteiger partial charge in [0, 0.05) is 54.8 Å². The number of anilines is 4. The van der Waals surface area contributed by atoms with Gasteiger partial charge in [0.25, 0.3) is 5.91 Å². The molecular formula is C50H44N14O. The average molecular weight is 857 g/mol. The molecular weight excluding hydrogens is 813 g/mol. The van der Waals surface area contributed by atoms with Crippen LogP contribution in [-0.2, 0) is 6.54 Å². The molecule has 0 bridgehead atoms. The van der Waals surface area contributed by atoms with E-state index in [1.54, 1.807) is 62.0 Å². The van der Waals surface area contributed by atoms with E-state index in [9.17, 15) is 4.79 Å². The number of hydrogen-bond donors (Lipinski definition) is 4. The van der Waals surface area contributed by atoms with Gasteiger partial charge in [-0.3, -0.25) is 33.9 Å². The molecule has 15 heteroatoms. The average Bonchev–Trinajstić information content (AvgIpc) is 3.99. The monoisotopic (exact) mass is 856 g/mol. The molecule has 6 aromatic heterocycles. The maximum Gasteiger partial charge on any atom is 0.257 e. The lowest BCUT2D eigenvalue weighted by atomic mass is 10.1. The van der Waals surface area contributed by atoms with Crippen molar-refractivity contribution in [2.45, 2.75) is 32.5 Å². The summed E-state index contributed by atoms with van der Waals surface area (Å²) in [6.45, 7) is 4.90. The second-order valence-corrected chi connectivity index (χ2v) is 15.1. The molecule has 0 aliphatic carbocycles. The molecule has 10 rings (SSSR count). The molecule has 0 unspecified atom stereocenters. The minimum absolute atomic E-state index is 0.0845. The Morgan fingerprint density at radius 1 is 0.554 bits per heavy atom. The maximum atomic E-state index is 12.4. The fourth-order valence-corrected chi connectivity index (χ4v) is 7.16. The van der Waals surface area contributed by atoms with E-state index in [0.717, 1.165) is 39.1 Å². The van der Waals surface area contributed by atoms with Crippen molar-refractivity contribution in [3.05, 3.63) is 206 Å². The summed E-state index contributed by atoms with van der Waals surface area (Å²) >= 11 is 0. The van der Waals surface area contributed by atoms with Crippen LogP contribution in [0.25, 0.3) is 33.7 Å². The number of aromatic nitrogens is 10. The van der Waals surface area contributed by atoms with E-state index in [-0.39, 0.29) is 18.0 Å². The lowest BCUT2D eigenvalue weighted by molar-refractivity contribution is 0.102. The van der Waals surface area contributed by atoms with Gasteiger partial charge in [0.15, 0.2) is 11.6 Å². The van der Waals surface area contributed by atoms with Crippen LogP contribution < -0.4 is 21.3 Å². The van der Waals surface area contributed by atoms with Crippen LogP contribution in [0.4, 0.5) is 23.0 Å². The predicted molar refractivity (Wildman–Crippen MR) is 254 cm³/mol. The molecule has 6 heterocycles. The summed E-state index contributed by atoms with van der Waals surface area (Å²) in [6.07, 6.45) is 17.2. The number of amides is 1. The molecule has 320 valence electrons. The van der Waals surface area contributed by atoms with Gasteiger partial charge in [0.1, 0.15) is 24.3 Å². The molecule has 0 aliphatic rings. The SMILES string of the molecule is C[C@H](Nc1cncc(-n2cnc3cc(NC(=O)c4cccnc4)ccc32)n1)c1ccccc1.C[C@H](Nc1cncc(-n2cnc3cc(NCc4cccnc4)ccc32)n1)c1ccccc1. The summed E-state index contributed by atoms with van der Waals surface area (Å²) in [6, 6.07) is 39.8. The fourth-order valence-electron chi connectivity index (χ4n) is 7.16. The van der Waals surface area contributed by atoms with Crippen molar-refractivity contribution >= 4 is 51.0 Å². The molecule has 0 fully saturated rings. The quantitative estimate of drug-likeness (QED) is 0.0865. The van der Waals surface area contributed by atoms with E-state index >= 15 is 0 Å². The molecule has 2 atom stereocenters. The summed E-state index contributed by atoms with van der Waals surface area (Å²) in [5.74, 6) is 2.53. The first kappa shape index (κ1) is 41.5. The molecule has 0 saturated heterocycles. The zero-order valence-electron chi connectivity index (χ0n) is 35.6. The van der Waals surface area contributed by atoms with E-state index < -0.39 is 0 Å². The van der Waals surface area contributed by atoms with Gasteiger partial charge < -0.3 is 21.3 Å². The van der Waals surface area contributed by atoms with Crippen LogP contribution in [0.15, 0.2) is 184 Å². The van der Waals surface area contributed by atoms with Gasteiger partial charge >= 0.3 is 0 Å². The molecule has 0 spiro atoms. The van der Waals surface area contributed by atoms with E-state index in [2.05, 4.69) is 89.3 Å². The summed E-state index contributed by atoms with van der Waals surface area (Å²) < 4.78 is 3.82. The van der Waals surface area contributed by atoms with Crippen molar-refractivity contribution in [2.75, 3.05) is 21.3 Å². The molecule has 4 N–H and O–H groups in total. The first-order valence-electron chi connectivity index (χ1n) is 21.0. The van der Waals surface area contributed by atoms with Gasteiger partial charge in [-0.1, -0.05) is 66.7 Å². The third-order valence-corrected chi connectivity index (χ3v) is 10.6. The van der Waals surface area contributed by atoms with Crippen molar-refractivity contribution in [3.8, 4) is 11.6 Å². The van der Waals surface area contributed by atoms with Crippen molar-refractivity contribution in [1.29, 1.82) is 0 Å². The van der Waals surface area contributed by atoms with E-state index in [4.69, 9.17) is 9.97 Å². The highest BCUT2D eigenvalue weighted by Crippen LogP contribution is 2.25. The van der Waals surface area contributed by atoms with E-state index in [1.165, 1.54) is 17.3 Å². The van der Waals surface area contributed by atoms with E-state index in [0.29, 0.717) is 35.2 Å². The Labute approximate surface area is 374 Å². The third-order valence-electron chi connectivity index (χ3n) is 10.6. The first-order valence-corrected chi connectivity index (χ1v) is 21.0. The normalized spacial score (nSPS) is 11.8. The number of carbonyl (C=O) groups excluding carboxylic acids is 1. The standard InChI is InChI=1S/C25H21N7O.C25H23N7/c1-17(18-6-3-2-4-7-18)29-23-14-27-15-24(31-23)32-16-28-21-12-20(9-10-22(21)32)30-25(33)19-8-5-11-26-13-19;1-18(20-7-3-2-4-8-20)30-24-15-27-16-25(31-24)32-17-29-22-12-21(9-10-23(22)32)28-14-19-6-5-11-26-13-19/h2-17H,1H3,(H,29,31)(H,30,33);2-13,15-18,28H,14H2,1H3,(H,30,31)/t17-;18-/m00/s1. The molecule has 65 heavy (non-hydrogen) atoms. The first-order chi connectivity index (χ1) is 31.9. The van der Waals surface area contributed by atoms with Crippen LogP contribution in [-0.4, -0.2) is 54.9 Å². The molecule has 15 nitrogen and oxygen atoms in total. The lowest BCUT2D eigenvalue weighted by Gasteiger charge is -2.15. The Hall–Kier alpha value is -8.85. The Morgan fingerprint density at radius 2 is 1.09 bits per heavy atom. The zero-order chi connectivity index (χ0) is 44.4. The minimum atomic E-state index is -0.223. The highest BCUT2D eigenvalue weighted by atomic mass is 16.1. The number of benzene rings is 4. The zero-order valence-corrected chi connectivity index (χ0v) is 35.6. The summed E-state index contributed by atoms with van der Waals surface area (Å²) in [5, 5.41) is 13.1. The Kier molecular flexibility index (Phi) is 12.4. The number of carbonyl (C=O) groups is 1. The number of fused-ring (bicyclic) bond motifs is 2. The number of nitrogens with zero attached hydrogens (tertiary/aromatic N) is 10. The van der Waals surface area contributed by atoms with Gasteiger partial charge in [-0.05, 0) is 85.1 Å². The molecule has 0 radical (unpaired) electrons. The van der Waals surface area contributed by atoms with Crippen LogP contribution in [0, 0.1) is 0 Å². The molecule has 4 aromatic carbocycles.